The molecule has 0 radical (unpaired) electrons. The van der Waals surface area contributed by atoms with Crippen molar-refractivity contribution in [3.8, 4) is 0 Å². The predicted molar refractivity (Wildman–Crippen MR) is 89.2 cm³/mol. The van der Waals surface area contributed by atoms with Crippen LogP contribution < -0.4 is 15.7 Å². The zero-order chi connectivity index (χ0) is 16.2. The van der Waals surface area contributed by atoms with Crippen LogP contribution in [0.25, 0.3) is 0 Å². The van der Waals surface area contributed by atoms with Crippen LogP contribution in [0.15, 0.2) is 60.7 Å². The highest BCUT2D eigenvalue weighted by Crippen LogP contribution is 2.39. The molecule has 2 aromatic rings. The largest absolute Gasteiger partial charge is 0.480 e. The van der Waals surface area contributed by atoms with Gasteiger partial charge >= 0.3 is 5.97 Å². The quantitative estimate of drug-likeness (QED) is 0.804. The van der Waals surface area contributed by atoms with E-state index in [4.69, 9.17) is 0 Å². The third kappa shape index (κ3) is 3.46. The zero-order valence-electron chi connectivity index (χ0n) is 12.6. The summed E-state index contributed by atoms with van der Waals surface area (Å²) in [5.74, 6) is -1.18. The molecule has 22 heavy (non-hydrogen) atoms. The topological polar surface area (TPSA) is 66.4 Å². The molecule has 1 atom stereocenters. The minimum Gasteiger partial charge on any atom is -0.480 e. The number of carboxylic acids is 1. The number of aliphatic carboxylic acids is 1. The predicted octanol–water partition coefficient (Wildman–Crippen LogP) is 2.61. The van der Waals surface area contributed by atoms with Gasteiger partial charge in [0.25, 0.3) is 0 Å². The molecule has 4 nitrogen and oxygen atoms in total. The van der Waals surface area contributed by atoms with Gasteiger partial charge in [0.2, 0.25) is 7.29 Å². The van der Waals surface area contributed by atoms with E-state index in [0.29, 0.717) is 10.6 Å². The minimum atomic E-state index is -3.22. The Kier molecular flexibility index (Phi) is 5.17. The second kappa shape index (κ2) is 6.91. The fraction of sp³-hybridized carbons (Fsp3) is 0.235. The van der Waals surface area contributed by atoms with Crippen LogP contribution in [0.2, 0.25) is 0 Å². The molecule has 2 aromatic carbocycles. The summed E-state index contributed by atoms with van der Waals surface area (Å²) in [6.45, 7) is 3.60. The first-order chi connectivity index (χ1) is 10.4. The van der Waals surface area contributed by atoms with E-state index >= 15 is 0 Å². The highest BCUT2D eigenvalue weighted by molar-refractivity contribution is 7.77. The van der Waals surface area contributed by atoms with Gasteiger partial charge in [-0.15, -0.1) is 0 Å². The molecule has 0 amide bonds. The molecular weight excluding hydrogens is 297 g/mol. The van der Waals surface area contributed by atoms with Crippen molar-refractivity contribution in [1.82, 2.24) is 5.09 Å². The lowest BCUT2D eigenvalue weighted by Gasteiger charge is -2.26. The van der Waals surface area contributed by atoms with Gasteiger partial charge in [-0.2, -0.15) is 0 Å². The Labute approximate surface area is 130 Å². The number of hydrogen-bond acceptors (Lipinski definition) is 2. The maximum atomic E-state index is 13.7. The van der Waals surface area contributed by atoms with E-state index < -0.39 is 19.3 Å². The molecule has 0 saturated heterocycles. The summed E-state index contributed by atoms with van der Waals surface area (Å²) in [4.78, 5) is 11.5. The first kappa shape index (κ1) is 16.5. The smallest absolute Gasteiger partial charge is 0.321 e. The molecule has 2 rings (SSSR count). The molecule has 0 aliphatic rings. The Morgan fingerprint density at radius 1 is 0.955 bits per heavy atom. The number of carbonyl (C=O) groups is 1. The normalized spacial score (nSPS) is 13.0. The van der Waals surface area contributed by atoms with E-state index in [-0.39, 0.29) is 5.92 Å². The number of nitrogens with one attached hydrogen (secondary N) is 1. The van der Waals surface area contributed by atoms with Gasteiger partial charge in [0.05, 0.1) is 0 Å². The minimum absolute atomic E-state index is 0.182. The van der Waals surface area contributed by atoms with Crippen molar-refractivity contribution in [3.05, 3.63) is 60.7 Å². The van der Waals surface area contributed by atoms with Crippen molar-refractivity contribution in [2.24, 2.45) is 5.92 Å². The van der Waals surface area contributed by atoms with Crippen LogP contribution >= 0.6 is 7.29 Å². The summed E-state index contributed by atoms with van der Waals surface area (Å²) in [6.07, 6.45) is 0. The Morgan fingerprint density at radius 3 is 1.68 bits per heavy atom. The van der Waals surface area contributed by atoms with Gasteiger partial charge in [-0.1, -0.05) is 50.2 Å². The summed E-state index contributed by atoms with van der Waals surface area (Å²) in [7, 11) is -3.22. The molecule has 0 spiro atoms. The molecule has 0 aliphatic heterocycles. The third-order valence-electron chi connectivity index (χ3n) is 3.49. The average molecular weight is 317 g/mol. The molecule has 0 aliphatic carbocycles. The molecule has 0 fully saturated rings. The van der Waals surface area contributed by atoms with E-state index in [1.165, 1.54) is 0 Å². The van der Waals surface area contributed by atoms with Crippen LogP contribution in [0.1, 0.15) is 13.8 Å². The van der Waals surface area contributed by atoms with Gasteiger partial charge in [0.1, 0.15) is 6.04 Å². The average Bonchev–Trinajstić information content (AvgIpc) is 2.53. The molecule has 0 saturated carbocycles. The standard InChI is InChI=1S/C17H20NO3P/c1-13(2)16(17(19)20)18-22(21,14-9-5-3-6-10-14)15-11-7-4-8-12-15/h3-13,16H,1-2H3,(H,18,21)(H,19,20)/t16-/m1/s1. The lowest BCUT2D eigenvalue weighted by atomic mass is 10.1. The second-order valence-electron chi connectivity index (χ2n) is 5.47. The maximum absolute atomic E-state index is 13.7. The van der Waals surface area contributed by atoms with Gasteiger partial charge in [0, 0.05) is 10.6 Å². The van der Waals surface area contributed by atoms with Crippen molar-refractivity contribution in [1.29, 1.82) is 0 Å². The Hall–Kier alpha value is -1.90. The van der Waals surface area contributed by atoms with Crippen LogP contribution in [-0.2, 0) is 9.36 Å². The molecule has 0 heterocycles. The Bertz CT molecular complexity index is 627. The highest BCUT2D eigenvalue weighted by Gasteiger charge is 2.34. The fourth-order valence-electron chi connectivity index (χ4n) is 2.26. The Balaban J connectivity index is 2.52. The van der Waals surface area contributed by atoms with Crippen molar-refractivity contribution in [2.45, 2.75) is 19.9 Å². The zero-order valence-corrected chi connectivity index (χ0v) is 13.5. The van der Waals surface area contributed by atoms with Crippen molar-refractivity contribution >= 4 is 23.9 Å². The second-order valence-corrected chi connectivity index (χ2v) is 7.98. The van der Waals surface area contributed by atoms with E-state index in [1.54, 1.807) is 62.4 Å². The van der Waals surface area contributed by atoms with Crippen LogP contribution in [0.5, 0.6) is 0 Å². The van der Waals surface area contributed by atoms with Crippen molar-refractivity contribution in [3.63, 3.8) is 0 Å². The van der Waals surface area contributed by atoms with Crippen molar-refractivity contribution < 1.29 is 14.5 Å². The van der Waals surface area contributed by atoms with E-state index in [1.807, 2.05) is 12.1 Å². The summed E-state index contributed by atoms with van der Waals surface area (Å²) in [5, 5.41) is 13.5. The number of carboxylic acid groups (broad SMARTS) is 1. The molecular formula is C17H20NO3P. The monoisotopic (exact) mass is 317 g/mol. The summed E-state index contributed by atoms with van der Waals surface area (Å²) < 4.78 is 13.7. The highest BCUT2D eigenvalue weighted by atomic mass is 31.2. The van der Waals surface area contributed by atoms with E-state index in [0.717, 1.165) is 0 Å². The molecule has 0 unspecified atom stereocenters. The van der Waals surface area contributed by atoms with Gasteiger partial charge < -0.3 is 5.11 Å². The van der Waals surface area contributed by atoms with Crippen LogP contribution in [0, 0.1) is 5.92 Å². The van der Waals surface area contributed by atoms with Crippen LogP contribution in [0.3, 0.4) is 0 Å². The van der Waals surface area contributed by atoms with Crippen LogP contribution in [-0.4, -0.2) is 17.1 Å². The van der Waals surface area contributed by atoms with E-state index in [2.05, 4.69) is 5.09 Å². The first-order valence-electron chi connectivity index (χ1n) is 7.17. The Morgan fingerprint density at radius 2 is 1.36 bits per heavy atom. The van der Waals surface area contributed by atoms with Gasteiger partial charge in [-0.25, -0.2) is 5.09 Å². The summed E-state index contributed by atoms with van der Waals surface area (Å²) >= 11 is 0. The SMILES string of the molecule is CC(C)[C@@H](NP(=O)(c1ccccc1)c1ccccc1)C(=O)O. The van der Waals surface area contributed by atoms with E-state index in [9.17, 15) is 14.5 Å². The lowest BCUT2D eigenvalue weighted by Crippen LogP contribution is -2.43. The van der Waals surface area contributed by atoms with Gasteiger partial charge in [0.15, 0.2) is 0 Å². The first-order valence-corrected chi connectivity index (χ1v) is 8.87. The van der Waals surface area contributed by atoms with Gasteiger partial charge in [-0.3, -0.25) is 9.36 Å². The molecule has 116 valence electrons. The summed E-state index contributed by atoms with van der Waals surface area (Å²) in [5.41, 5.74) is 0. The maximum Gasteiger partial charge on any atom is 0.321 e. The third-order valence-corrected chi connectivity index (χ3v) is 6.19. The van der Waals surface area contributed by atoms with Crippen LogP contribution in [0.4, 0.5) is 0 Å². The summed E-state index contributed by atoms with van der Waals surface area (Å²) in [6, 6.07) is 17.1. The number of benzene rings is 2. The number of rotatable bonds is 6. The fourth-order valence-corrected chi connectivity index (χ4v) is 4.84. The van der Waals surface area contributed by atoms with Crippen molar-refractivity contribution in [2.75, 3.05) is 0 Å². The van der Waals surface area contributed by atoms with Gasteiger partial charge in [-0.05, 0) is 30.2 Å². The lowest BCUT2D eigenvalue weighted by molar-refractivity contribution is -0.140. The molecule has 0 bridgehead atoms. The number of hydrogen-bond donors (Lipinski definition) is 2. The molecule has 2 N–H and O–H groups in total. The molecule has 5 heteroatoms. The molecule has 0 aromatic heterocycles.